The summed E-state index contributed by atoms with van der Waals surface area (Å²) >= 11 is 0. The molecule has 0 atom stereocenters. The summed E-state index contributed by atoms with van der Waals surface area (Å²) in [6.07, 6.45) is 1.87. The molecule has 0 aliphatic carbocycles. The van der Waals surface area contributed by atoms with Gasteiger partial charge in [0.05, 0.1) is 11.1 Å². The minimum absolute atomic E-state index is 0.0480. The molecule has 72 valence electrons. The third kappa shape index (κ3) is 1.09. The van der Waals surface area contributed by atoms with Crippen molar-refractivity contribution < 1.29 is 9.90 Å². The Hall–Kier alpha value is -1.77. The van der Waals surface area contributed by atoms with Crippen molar-refractivity contribution in [2.24, 2.45) is 7.05 Å². The first-order valence-electron chi connectivity index (χ1n) is 4.39. The van der Waals surface area contributed by atoms with Crippen LogP contribution >= 0.6 is 0 Å². The van der Waals surface area contributed by atoms with Crippen molar-refractivity contribution in [2.75, 3.05) is 0 Å². The number of aromatic hydroxyl groups is 1. The zero-order valence-corrected chi connectivity index (χ0v) is 8.11. The van der Waals surface area contributed by atoms with E-state index in [-0.39, 0.29) is 11.5 Å². The lowest BCUT2D eigenvalue weighted by atomic mass is 10.1. The number of phenolic OH excluding ortho intramolecular Hbond substituents is 1. The van der Waals surface area contributed by atoms with Crippen molar-refractivity contribution in [1.82, 2.24) is 4.57 Å². The molecule has 0 fully saturated rings. The van der Waals surface area contributed by atoms with Gasteiger partial charge in [-0.2, -0.15) is 0 Å². The van der Waals surface area contributed by atoms with E-state index in [1.54, 1.807) is 12.1 Å². The monoisotopic (exact) mass is 189 g/mol. The quantitative estimate of drug-likeness (QED) is 0.698. The van der Waals surface area contributed by atoms with Crippen LogP contribution < -0.4 is 0 Å². The average Bonchev–Trinajstić information content (AvgIpc) is 2.47. The van der Waals surface area contributed by atoms with Crippen molar-refractivity contribution in [3.63, 3.8) is 0 Å². The fourth-order valence-electron chi connectivity index (χ4n) is 1.72. The van der Waals surface area contributed by atoms with Gasteiger partial charge in [-0.15, -0.1) is 0 Å². The van der Waals surface area contributed by atoms with E-state index in [1.165, 1.54) is 6.92 Å². The molecular formula is C11H11NO2. The maximum Gasteiger partial charge on any atom is 0.165 e. The maximum atomic E-state index is 11.4. The first kappa shape index (κ1) is 8.81. The van der Waals surface area contributed by atoms with Crippen molar-refractivity contribution in [2.45, 2.75) is 6.92 Å². The Morgan fingerprint density at radius 1 is 1.36 bits per heavy atom. The molecule has 0 amide bonds. The number of phenols is 1. The number of fused-ring (bicyclic) bond motifs is 1. The smallest absolute Gasteiger partial charge is 0.165 e. The first-order chi connectivity index (χ1) is 6.61. The number of carbonyl (C=O) groups is 1. The van der Waals surface area contributed by atoms with Crippen LogP contribution in [0.2, 0.25) is 0 Å². The number of aromatic nitrogens is 1. The second-order valence-electron chi connectivity index (χ2n) is 3.38. The summed E-state index contributed by atoms with van der Waals surface area (Å²) in [4.78, 5) is 11.4. The molecule has 0 spiro atoms. The summed E-state index contributed by atoms with van der Waals surface area (Å²) in [6.45, 7) is 1.46. The van der Waals surface area contributed by atoms with Crippen LogP contribution in [0.3, 0.4) is 0 Å². The topological polar surface area (TPSA) is 42.2 Å². The number of aryl methyl sites for hydroxylation is 1. The van der Waals surface area contributed by atoms with Gasteiger partial charge in [-0.3, -0.25) is 4.79 Å². The van der Waals surface area contributed by atoms with E-state index in [9.17, 15) is 9.90 Å². The Morgan fingerprint density at radius 2 is 2.07 bits per heavy atom. The van der Waals surface area contributed by atoms with Gasteiger partial charge in [0, 0.05) is 18.6 Å². The van der Waals surface area contributed by atoms with Crippen molar-refractivity contribution in [3.05, 3.63) is 30.0 Å². The zero-order valence-electron chi connectivity index (χ0n) is 8.11. The molecule has 1 N–H and O–H groups in total. The predicted molar refractivity (Wildman–Crippen MR) is 54.6 cm³/mol. The van der Waals surface area contributed by atoms with E-state index >= 15 is 0 Å². The van der Waals surface area contributed by atoms with Gasteiger partial charge in [-0.1, -0.05) is 0 Å². The predicted octanol–water partition coefficient (Wildman–Crippen LogP) is 2.09. The molecule has 14 heavy (non-hydrogen) atoms. The minimum atomic E-state index is -0.116. The number of hydrogen-bond donors (Lipinski definition) is 1. The highest BCUT2D eigenvalue weighted by Crippen LogP contribution is 2.27. The molecule has 0 aliphatic rings. The molecule has 0 saturated carbocycles. The van der Waals surface area contributed by atoms with E-state index in [0.717, 1.165) is 10.9 Å². The molecule has 2 rings (SSSR count). The van der Waals surface area contributed by atoms with Gasteiger partial charge in [0.1, 0.15) is 5.75 Å². The largest absolute Gasteiger partial charge is 0.507 e. The number of benzene rings is 1. The first-order valence-corrected chi connectivity index (χ1v) is 4.39. The second-order valence-corrected chi connectivity index (χ2v) is 3.38. The van der Waals surface area contributed by atoms with Gasteiger partial charge >= 0.3 is 0 Å². The molecule has 2 aromatic rings. The van der Waals surface area contributed by atoms with Crippen LogP contribution in [0.4, 0.5) is 0 Å². The van der Waals surface area contributed by atoms with Crippen LogP contribution in [0.1, 0.15) is 17.3 Å². The summed E-state index contributed by atoms with van der Waals surface area (Å²) in [6, 6.07) is 5.28. The van der Waals surface area contributed by atoms with Gasteiger partial charge < -0.3 is 9.67 Å². The molecular weight excluding hydrogens is 178 g/mol. The van der Waals surface area contributed by atoms with Gasteiger partial charge in [0.15, 0.2) is 5.78 Å². The molecule has 0 bridgehead atoms. The second kappa shape index (κ2) is 2.87. The Bertz CT molecular complexity index is 511. The van der Waals surface area contributed by atoms with Crippen LogP contribution in [-0.4, -0.2) is 15.5 Å². The summed E-state index contributed by atoms with van der Waals surface area (Å²) in [5.41, 5.74) is 1.19. The van der Waals surface area contributed by atoms with Crippen LogP contribution in [0.25, 0.3) is 10.9 Å². The Balaban J connectivity index is 2.94. The third-order valence-electron chi connectivity index (χ3n) is 2.37. The highest BCUT2D eigenvalue weighted by atomic mass is 16.3. The van der Waals surface area contributed by atoms with Crippen LogP contribution in [0.5, 0.6) is 5.75 Å². The van der Waals surface area contributed by atoms with Crippen LogP contribution in [0.15, 0.2) is 24.4 Å². The number of ketones is 1. The van der Waals surface area contributed by atoms with Crippen LogP contribution in [-0.2, 0) is 7.05 Å². The molecule has 3 nitrogen and oxygen atoms in total. The summed E-state index contributed by atoms with van der Waals surface area (Å²) in [5.74, 6) is -0.0679. The molecule has 1 aromatic carbocycles. The number of Topliss-reactive ketones (excluding diaryl/α,β-unsaturated/α-hetero) is 1. The maximum absolute atomic E-state index is 11.4. The normalized spacial score (nSPS) is 10.7. The minimum Gasteiger partial charge on any atom is -0.507 e. The van der Waals surface area contributed by atoms with Crippen LogP contribution in [0, 0.1) is 0 Å². The van der Waals surface area contributed by atoms with Gasteiger partial charge in [0.25, 0.3) is 0 Å². The molecule has 3 heteroatoms. The standard InChI is InChI=1S/C11H11NO2/c1-7(13)10-9(14)4-3-8-5-6-12(2)11(8)10/h3-6,14H,1-2H3. The highest BCUT2D eigenvalue weighted by Gasteiger charge is 2.13. The lowest BCUT2D eigenvalue weighted by Gasteiger charge is -2.04. The van der Waals surface area contributed by atoms with E-state index in [1.807, 2.05) is 23.9 Å². The van der Waals surface area contributed by atoms with E-state index in [2.05, 4.69) is 0 Å². The number of hydrogen-bond acceptors (Lipinski definition) is 2. The Labute approximate surface area is 81.6 Å². The fourth-order valence-corrected chi connectivity index (χ4v) is 1.72. The number of rotatable bonds is 1. The highest BCUT2D eigenvalue weighted by molar-refractivity contribution is 6.08. The molecule has 0 aliphatic heterocycles. The lowest BCUT2D eigenvalue weighted by Crippen LogP contribution is -1.97. The fraction of sp³-hybridized carbons (Fsp3) is 0.182. The van der Waals surface area contributed by atoms with E-state index in [0.29, 0.717) is 5.56 Å². The SMILES string of the molecule is CC(=O)c1c(O)ccc2ccn(C)c12. The average molecular weight is 189 g/mol. The number of carbonyl (C=O) groups excluding carboxylic acids is 1. The van der Waals surface area contributed by atoms with Crippen molar-refractivity contribution in [1.29, 1.82) is 0 Å². The summed E-state index contributed by atoms with van der Waals surface area (Å²) < 4.78 is 1.84. The summed E-state index contributed by atoms with van der Waals surface area (Å²) in [7, 11) is 1.86. The van der Waals surface area contributed by atoms with Gasteiger partial charge in [0.2, 0.25) is 0 Å². The molecule has 0 saturated heterocycles. The molecule has 1 aromatic heterocycles. The summed E-state index contributed by atoms with van der Waals surface area (Å²) in [5, 5.41) is 10.6. The number of nitrogens with zero attached hydrogens (tertiary/aromatic N) is 1. The van der Waals surface area contributed by atoms with E-state index in [4.69, 9.17) is 0 Å². The molecule has 0 radical (unpaired) electrons. The lowest BCUT2D eigenvalue weighted by molar-refractivity contribution is 0.101. The molecule has 0 unspecified atom stereocenters. The van der Waals surface area contributed by atoms with Crippen molar-refractivity contribution >= 4 is 16.7 Å². The zero-order chi connectivity index (χ0) is 10.3. The van der Waals surface area contributed by atoms with E-state index < -0.39 is 0 Å². The Kier molecular flexibility index (Phi) is 1.81. The van der Waals surface area contributed by atoms with Gasteiger partial charge in [-0.25, -0.2) is 0 Å². The third-order valence-corrected chi connectivity index (χ3v) is 2.37. The van der Waals surface area contributed by atoms with Crippen molar-refractivity contribution in [3.8, 4) is 5.75 Å². The Morgan fingerprint density at radius 3 is 2.71 bits per heavy atom. The molecule has 1 heterocycles. The van der Waals surface area contributed by atoms with Gasteiger partial charge in [-0.05, 0) is 25.1 Å².